The van der Waals surface area contributed by atoms with Crippen LogP contribution in [0.1, 0.15) is 18.4 Å². The van der Waals surface area contributed by atoms with Gasteiger partial charge in [0.2, 0.25) is 0 Å². The van der Waals surface area contributed by atoms with Crippen LogP contribution in [0.15, 0.2) is 42.5 Å². The van der Waals surface area contributed by atoms with Crippen molar-refractivity contribution < 1.29 is 19.7 Å². The minimum Gasteiger partial charge on any atom is -0.504 e. The van der Waals surface area contributed by atoms with E-state index in [1.807, 2.05) is 18.2 Å². The van der Waals surface area contributed by atoms with Gasteiger partial charge in [0.05, 0.1) is 7.11 Å². The number of benzene rings is 2. The maximum Gasteiger partial charge on any atom is 0.160 e. The number of aliphatic hydroxyl groups is 1. The molecule has 0 amide bonds. The van der Waals surface area contributed by atoms with E-state index in [2.05, 4.69) is 4.90 Å². The largest absolute Gasteiger partial charge is 0.504 e. The lowest BCUT2D eigenvalue weighted by Crippen LogP contribution is -2.51. The second kappa shape index (κ2) is 8.16. The van der Waals surface area contributed by atoms with Crippen LogP contribution in [0.2, 0.25) is 5.02 Å². The summed E-state index contributed by atoms with van der Waals surface area (Å²) in [5, 5.41) is 21.5. The number of piperidine rings is 1. The molecule has 26 heavy (non-hydrogen) atoms. The number of phenolic OH excluding ortho intramolecular Hbond substituents is 1. The van der Waals surface area contributed by atoms with E-state index < -0.39 is 5.60 Å². The highest BCUT2D eigenvalue weighted by molar-refractivity contribution is 6.30. The maximum absolute atomic E-state index is 10.9. The highest BCUT2D eigenvalue weighted by Gasteiger charge is 2.34. The first kappa shape index (κ1) is 18.8. The summed E-state index contributed by atoms with van der Waals surface area (Å²) in [5.41, 5.74) is 0.0676. The summed E-state index contributed by atoms with van der Waals surface area (Å²) in [4.78, 5) is 2.17. The minimum atomic E-state index is -0.908. The molecule has 1 atom stereocenters. The first-order valence-electron chi connectivity index (χ1n) is 8.66. The molecule has 1 aliphatic rings. The molecule has 0 spiro atoms. The summed E-state index contributed by atoms with van der Waals surface area (Å²) in [5.74, 6) is 1.24. The molecule has 0 bridgehead atoms. The van der Waals surface area contributed by atoms with Gasteiger partial charge in [-0.2, -0.15) is 0 Å². The third-order valence-corrected chi connectivity index (χ3v) is 4.82. The summed E-state index contributed by atoms with van der Waals surface area (Å²) >= 11 is 5.97. The van der Waals surface area contributed by atoms with Crippen molar-refractivity contribution in [2.24, 2.45) is 0 Å². The van der Waals surface area contributed by atoms with Crippen LogP contribution in [0.3, 0.4) is 0 Å². The Morgan fingerprint density at radius 2 is 2.08 bits per heavy atom. The van der Waals surface area contributed by atoms with Gasteiger partial charge >= 0.3 is 0 Å². The molecule has 140 valence electrons. The molecule has 1 saturated heterocycles. The Bertz CT molecular complexity index is 754. The average Bonchev–Trinajstić information content (AvgIpc) is 2.61. The monoisotopic (exact) mass is 377 g/mol. The third-order valence-electron chi connectivity index (χ3n) is 4.59. The number of nitrogens with zero attached hydrogens (tertiary/aromatic N) is 1. The molecule has 2 aromatic rings. The predicted octanol–water partition coefficient (Wildman–Crippen LogP) is 3.46. The van der Waals surface area contributed by atoms with Gasteiger partial charge in [0.1, 0.15) is 18.0 Å². The average molecular weight is 378 g/mol. The quantitative estimate of drug-likeness (QED) is 0.807. The van der Waals surface area contributed by atoms with Crippen LogP contribution in [0.4, 0.5) is 0 Å². The van der Waals surface area contributed by atoms with E-state index in [1.165, 1.54) is 7.11 Å². The van der Waals surface area contributed by atoms with Gasteiger partial charge in [0.25, 0.3) is 0 Å². The smallest absolute Gasteiger partial charge is 0.160 e. The number of rotatable bonds is 6. The summed E-state index contributed by atoms with van der Waals surface area (Å²) in [6, 6.07) is 12.6. The van der Waals surface area contributed by atoms with Crippen LogP contribution < -0.4 is 9.47 Å². The minimum absolute atomic E-state index is 0.126. The number of aromatic hydroxyl groups is 1. The zero-order valence-corrected chi connectivity index (χ0v) is 15.6. The van der Waals surface area contributed by atoms with Gasteiger partial charge in [0.15, 0.2) is 11.5 Å². The summed E-state index contributed by atoms with van der Waals surface area (Å²) in [7, 11) is 1.53. The van der Waals surface area contributed by atoms with Crippen molar-refractivity contribution in [2.45, 2.75) is 25.0 Å². The SMILES string of the molecule is COc1ccc(CN2CCCC(O)(COc3cccc(Cl)c3)C2)cc1O. The molecule has 1 unspecified atom stereocenters. The van der Waals surface area contributed by atoms with E-state index in [4.69, 9.17) is 21.1 Å². The van der Waals surface area contributed by atoms with Crippen molar-refractivity contribution in [1.29, 1.82) is 0 Å². The number of β-amino-alcohol motifs (C(OH)–C–C–N with tert-alkyl or cyclic N) is 1. The zero-order chi connectivity index (χ0) is 18.6. The number of hydrogen-bond acceptors (Lipinski definition) is 5. The predicted molar refractivity (Wildman–Crippen MR) is 101 cm³/mol. The molecule has 1 heterocycles. The molecule has 5 nitrogen and oxygen atoms in total. The molecule has 1 fully saturated rings. The normalized spacial score (nSPS) is 20.7. The molecule has 2 aromatic carbocycles. The van der Waals surface area contributed by atoms with Gasteiger partial charge in [-0.3, -0.25) is 4.90 Å². The van der Waals surface area contributed by atoms with Crippen LogP contribution in [-0.4, -0.2) is 47.5 Å². The van der Waals surface area contributed by atoms with Crippen molar-refractivity contribution in [1.82, 2.24) is 4.90 Å². The fraction of sp³-hybridized carbons (Fsp3) is 0.400. The van der Waals surface area contributed by atoms with Crippen LogP contribution >= 0.6 is 11.6 Å². The van der Waals surface area contributed by atoms with Gasteiger partial charge in [-0.1, -0.05) is 23.7 Å². The topological polar surface area (TPSA) is 62.2 Å². The van der Waals surface area contributed by atoms with Gasteiger partial charge in [0, 0.05) is 18.1 Å². The molecule has 2 N–H and O–H groups in total. The van der Waals surface area contributed by atoms with Crippen molar-refractivity contribution >= 4 is 11.6 Å². The molecule has 1 aliphatic heterocycles. The lowest BCUT2D eigenvalue weighted by atomic mass is 9.93. The van der Waals surface area contributed by atoms with Crippen molar-refractivity contribution in [3.63, 3.8) is 0 Å². The van der Waals surface area contributed by atoms with Crippen LogP contribution in [0.25, 0.3) is 0 Å². The molecule has 0 aromatic heterocycles. The Labute approximate surface area is 158 Å². The maximum atomic E-state index is 10.9. The summed E-state index contributed by atoms with van der Waals surface area (Å²) < 4.78 is 10.8. The number of hydrogen-bond donors (Lipinski definition) is 2. The lowest BCUT2D eigenvalue weighted by Gasteiger charge is -2.39. The Balaban J connectivity index is 1.60. The Hall–Kier alpha value is -1.95. The van der Waals surface area contributed by atoms with Gasteiger partial charge in [-0.15, -0.1) is 0 Å². The van der Waals surface area contributed by atoms with Crippen LogP contribution in [0.5, 0.6) is 17.2 Å². The van der Waals surface area contributed by atoms with Crippen LogP contribution in [0, 0.1) is 0 Å². The number of ether oxygens (including phenoxy) is 2. The van der Waals surface area contributed by atoms with E-state index in [9.17, 15) is 10.2 Å². The molecule has 6 heteroatoms. The van der Waals surface area contributed by atoms with Crippen molar-refractivity contribution in [2.75, 3.05) is 26.8 Å². The van der Waals surface area contributed by atoms with Gasteiger partial charge in [-0.05, 0) is 55.3 Å². The first-order valence-corrected chi connectivity index (χ1v) is 9.04. The first-order chi connectivity index (χ1) is 12.5. The number of halogens is 1. The van der Waals surface area contributed by atoms with Crippen molar-refractivity contribution in [3.8, 4) is 17.2 Å². The van der Waals surface area contributed by atoms with Gasteiger partial charge < -0.3 is 19.7 Å². The molecular formula is C20H24ClNO4. The van der Waals surface area contributed by atoms with Gasteiger partial charge in [-0.25, -0.2) is 0 Å². The molecule has 0 saturated carbocycles. The van der Waals surface area contributed by atoms with E-state index in [1.54, 1.807) is 24.3 Å². The Kier molecular flexibility index (Phi) is 5.91. The highest BCUT2D eigenvalue weighted by Crippen LogP contribution is 2.29. The number of likely N-dealkylation sites (tertiary alicyclic amines) is 1. The van der Waals surface area contributed by atoms with E-state index >= 15 is 0 Å². The molecule has 3 rings (SSSR count). The lowest BCUT2D eigenvalue weighted by molar-refractivity contribution is -0.0621. The van der Waals surface area contributed by atoms with Crippen molar-refractivity contribution in [3.05, 3.63) is 53.1 Å². The molecular weight excluding hydrogens is 354 g/mol. The molecule has 0 radical (unpaired) electrons. The standard InChI is InChI=1S/C20H24ClNO4/c1-25-19-7-6-15(10-18(19)23)12-22-9-3-8-20(24,13-22)14-26-17-5-2-4-16(21)11-17/h2,4-7,10-11,23-24H,3,8-9,12-14H2,1H3. The second-order valence-electron chi connectivity index (χ2n) is 6.79. The Morgan fingerprint density at radius 3 is 2.81 bits per heavy atom. The number of phenols is 1. The fourth-order valence-corrected chi connectivity index (χ4v) is 3.51. The van der Waals surface area contributed by atoms with Crippen LogP contribution in [-0.2, 0) is 6.54 Å². The second-order valence-corrected chi connectivity index (χ2v) is 7.23. The number of methoxy groups -OCH3 is 1. The fourth-order valence-electron chi connectivity index (χ4n) is 3.33. The van der Waals surface area contributed by atoms with E-state index in [0.29, 0.717) is 36.0 Å². The zero-order valence-electron chi connectivity index (χ0n) is 14.8. The summed E-state index contributed by atoms with van der Waals surface area (Å²) in [6.45, 7) is 2.28. The van der Waals surface area contributed by atoms with E-state index in [0.717, 1.165) is 18.5 Å². The Morgan fingerprint density at radius 1 is 1.23 bits per heavy atom. The summed E-state index contributed by atoms with van der Waals surface area (Å²) in [6.07, 6.45) is 1.58. The molecule has 0 aliphatic carbocycles. The highest BCUT2D eigenvalue weighted by atomic mass is 35.5. The third kappa shape index (κ3) is 4.81. The van der Waals surface area contributed by atoms with E-state index in [-0.39, 0.29) is 12.4 Å².